The summed E-state index contributed by atoms with van der Waals surface area (Å²) in [7, 11) is 0. The molecule has 7 nitrogen and oxygen atoms in total. The number of ether oxygens (including phenoxy) is 2. The van der Waals surface area contributed by atoms with Gasteiger partial charge in [-0.3, -0.25) is 0 Å². The van der Waals surface area contributed by atoms with E-state index in [2.05, 4.69) is 4.98 Å². The van der Waals surface area contributed by atoms with Crippen molar-refractivity contribution in [1.82, 2.24) is 4.98 Å². The Morgan fingerprint density at radius 2 is 1.83 bits per heavy atom. The Labute approximate surface area is 167 Å². The maximum absolute atomic E-state index is 12.6. The first-order valence-electron chi connectivity index (χ1n) is 9.20. The summed E-state index contributed by atoms with van der Waals surface area (Å²) in [6.45, 7) is 5.51. The van der Waals surface area contributed by atoms with E-state index in [0.717, 1.165) is 0 Å². The first-order chi connectivity index (χ1) is 14.0. The Morgan fingerprint density at radius 3 is 2.41 bits per heavy atom. The second-order valence-corrected chi connectivity index (χ2v) is 6.13. The van der Waals surface area contributed by atoms with Gasteiger partial charge in [-0.2, -0.15) is 0 Å². The van der Waals surface area contributed by atoms with E-state index in [9.17, 15) is 14.7 Å². The fourth-order valence-corrected chi connectivity index (χ4v) is 3.03. The van der Waals surface area contributed by atoms with Crippen LogP contribution in [0.25, 0.3) is 27.8 Å². The van der Waals surface area contributed by atoms with E-state index in [-0.39, 0.29) is 34.6 Å². The Morgan fingerprint density at radius 1 is 1.10 bits per heavy atom. The average Bonchev–Trinajstić information content (AvgIpc) is 2.71. The molecule has 3 aromatic rings. The van der Waals surface area contributed by atoms with E-state index >= 15 is 0 Å². The largest absolute Gasteiger partial charge is 0.512 e. The van der Waals surface area contributed by atoms with Crippen LogP contribution >= 0.6 is 0 Å². The standard InChI is InChI=1S/C22H21NO6/c1-4-27-14-10-11-17(23-12-14)20-19(18(13(3)24)22(26)28-5-2)15-8-6-7-9-16(15)21(25)29-20/h6-12,24H,4-5H2,1-3H3/b18-13+. The predicted molar refractivity (Wildman–Crippen MR) is 109 cm³/mol. The Kier molecular flexibility index (Phi) is 5.97. The minimum Gasteiger partial charge on any atom is -0.512 e. The summed E-state index contributed by atoms with van der Waals surface area (Å²) in [5, 5.41) is 11.0. The van der Waals surface area contributed by atoms with Crippen LogP contribution in [0.1, 0.15) is 26.3 Å². The summed E-state index contributed by atoms with van der Waals surface area (Å²) in [5.41, 5.74) is -0.101. The maximum Gasteiger partial charge on any atom is 0.344 e. The van der Waals surface area contributed by atoms with Gasteiger partial charge in [-0.15, -0.1) is 0 Å². The van der Waals surface area contributed by atoms with Crippen molar-refractivity contribution in [2.45, 2.75) is 20.8 Å². The molecule has 150 valence electrons. The summed E-state index contributed by atoms with van der Waals surface area (Å²) >= 11 is 0. The van der Waals surface area contributed by atoms with Crippen LogP contribution in [0.3, 0.4) is 0 Å². The number of hydrogen-bond donors (Lipinski definition) is 1. The highest BCUT2D eigenvalue weighted by atomic mass is 16.5. The lowest BCUT2D eigenvalue weighted by molar-refractivity contribution is -0.136. The molecule has 1 N–H and O–H groups in total. The number of fused-ring (bicyclic) bond motifs is 1. The highest BCUT2D eigenvalue weighted by Crippen LogP contribution is 2.35. The van der Waals surface area contributed by atoms with Gasteiger partial charge in [-0.1, -0.05) is 18.2 Å². The molecule has 0 unspecified atom stereocenters. The van der Waals surface area contributed by atoms with Crippen molar-refractivity contribution in [1.29, 1.82) is 0 Å². The highest BCUT2D eigenvalue weighted by Gasteiger charge is 2.26. The van der Waals surface area contributed by atoms with Crippen molar-refractivity contribution in [2.75, 3.05) is 13.2 Å². The molecule has 0 aliphatic rings. The van der Waals surface area contributed by atoms with Crippen molar-refractivity contribution < 1.29 is 23.8 Å². The van der Waals surface area contributed by atoms with E-state index in [1.165, 1.54) is 13.1 Å². The zero-order valence-corrected chi connectivity index (χ0v) is 16.4. The molecule has 0 bridgehead atoms. The summed E-state index contributed by atoms with van der Waals surface area (Å²) in [5.74, 6) is -0.359. The Bertz CT molecular complexity index is 1120. The van der Waals surface area contributed by atoms with Crippen molar-refractivity contribution in [3.05, 3.63) is 64.3 Å². The molecule has 0 amide bonds. The molecule has 3 rings (SSSR count). The van der Waals surface area contributed by atoms with Crippen LogP contribution in [0.15, 0.2) is 57.6 Å². The summed E-state index contributed by atoms with van der Waals surface area (Å²) in [6.07, 6.45) is 1.50. The van der Waals surface area contributed by atoms with Crippen LogP contribution in [0.2, 0.25) is 0 Å². The number of carbonyl (C=O) groups is 1. The molecule has 0 radical (unpaired) electrons. The third-order valence-corrected chi connectivity index (χ3v) is 4.21. The minimum atomic E-state index is -0.723. The number of allylic oxidation sites excluding steroid dienone is 1. The third-order valence-electron chi connectivity index (χ3n) is 4.21. The van der Waals surface area contributed by atoms with Gasteiger partial charge in [0, 0.05) is 10.9 Å². The molecule has 0 aliphatic carbocycles. The smallest absolute Gasteiger partial charge is 0.344 e. The van der Waals surface area contributed by atoms with Crippen molar-refractivity contribution >= 4 is 22.3 Å². The lowest BCUT2D eigenvalue weighted by atomic mass is 9.96. The Balaban J connectivity index is 2.35. The number of rotatable bonds is 6. The lowest BCUT2D eigenvalue weighted by Gasteiger charge is -2.14. The van der Waals surface area contributed by atoms with E-state index in [4.69, 9.17) is 13.9 Å². The summed E-state index contributed by atoms with van der Waals surface area (Å²) in [6, 6.07) is 10.0. The molecule has 0 fully saturated rings. The predicted octanol–water partition coefficient (Wildman–Crippen LogP) is 4.11. The summed E-state index contributed by atoms with van der Waals surface area (Å²) in [4.78, 5) is 29.5. The minimum absolute atomic E-state index is 0.0631. The molecular weight excluding hydrogens is 374 g/mol. The average molecular weight is 395 g/mol. The molecule has 0 aliphatic heterocycles. The van der Waals surface area contributed by atoms with Gasteiger partial charge in [-0.05, 0) is 39.0 Å². The molecule has 1 aromatic carbocycles. The zero-order valence-electron chi connectivity index (χ0n) is 16.4. The van der Waals surface area contributed by atoms with E-state index < -0.39 is 11.6 Å². The van der Waals surface area contributed by atoms with Gasteiger partial charge >= 0.3 is 11.6 Å². The van der Waals surface area contributed by atoms with Crippen LogP contribution in [0, 0.1) is 0 Å². The number of nitrogens with zero attached hydrogens (tertiary/aromatic N) is 1. The van der Waals surface area contributed by atoms with Gasteiger partial charge in [0.05, 0.1) is 24.8 Å². The van der Waals surface area contributed by atoms with Gasteiger partial charge < -0.3 is 19.0 Å². The van der Waals surface area contributed by atoms with Crippen molar-refractivity contribution in [2.24, 2.45) is 0 Å². The number of esters is 1. The first-order valence-corrected chi connectivity index (χ1v) is 9.20. The van der Waals surface area contributed by atoms with Crippen molar-refractivity contribution in [3.8, 4) is 17.2 Å². The number of benzene rings is 1. The highest BCUT2D eigenvalue weighted by molar-refractivity contribution is 6.22. The second-order valence-electron chi connectivity index (χ2n) is 6.13. The molecule has 2 aromatic heterocycles. The number of hydrogen-bond acceptors (Lipinski definition) is 7. The molecule has 0 saturated carbocycles. The molecule has 7 heteroatoms. The molecule has 2 heterocycles. The van der Waals surface area contributed by atoms with Crippen LogP contribution in [0.5, 0.6) is 5.75 Å². The molecule has 0 spiro atoms. The normalized spacial score (nSPS) is 11.8. The van der Waals surface area contributed by atoms with Gasteiger partial charge in [0.2, 0.25) is 0 Å². The van der Waals surface area contributed by atoms with E-state index in [0.29, 0.717) is 23.4 Å². The van der Waals surface area contributed by atoms with Crippen LogP contribution < -0.4 is 10.4 Å². The van der Waals surface area contributed by atoms with Gasteiger partial charge in [0.15, 0.2) is 5.76 Å². The van der Waals surface area contributed by atoms with Crippen LogP contribution in [0.4, 0.5) is 0 Å². The van der Waals surface area contributed by atoms with Crippen LogP contribution in [-0.4, -0.2) is 29.3 Å². The lowest BCUT2D eigenvalue weighted by Crippen LogP contribution is -2.13. The number of aromatic nitrogens is 1. The fourth-order valence-electron chi connectivity index (χ4n) is 3.03. The van der Waals surface area contributed by atoms with Crippen molar-refractivity contribution in [3.63, 3.8) is 0 Å². The number of aliphatic hydroxyl groups is 1. The second kappa shape index (κ2) is 8.60. The van der Waals surface area contributed by atoms with Gasteiger partial charge in [0.1, 0.15) is 22.8 Å². The fraction of sp³-hybridized carbons (Fsp3) is 0.227. The number of pyridine rings is 1. The Hall–Kier alpha value is -3.61. The molecular formula is C22H21NO6. The molecule has 0 atom stereocenters. The summed E-state index contributed by atoms with van der Waals surface area (Å²) < 4.78 is 16.1. The van der Waals surface area contributed by atoms with E-state index in [1.54, 1.807) is 43.3 Å². The molecule has 0 saturated heterocycles. The monoisotopic (exact) mass is 395 g/mol. The first kappa shape index (κ1) is 20.1. The van der Waals surface area contributed by atoms with E-state index in [1.807, 2.05) is 6.92 Å². The van der Waals surface area contributed by atoms with Gasteiger partial charge in [-0.25, -0.2) is 14.6 Å². The zero-order chi connectivity index (χ0) is 21.0. The number of carbonyl (C=O) groups excluding carboxylic acids is 1. The topological polar surface area (TPSA) is 98.9 Å². The SMILES string of the molecule is CCOC(=O)/C(=C(\C)O)c1c(-c2ccc(OCC)cn2)oc(=O)c2ccccc12. The molecule has 29 heavy (non-hydrogen) atoms. The number of aliphatic hydroxyl groups excluding tert-OH is 1. The third kappa shape index (κ3) is 3.99. The van der Waals surface area contributed by atoms with Crippen LogP contribution in [-0.2, 0) is 9.53 Å². The maximum atomic E-state index is 12.6. The quantitative estimate of drug-likeness (QED) is 0.381. The van der Waals surface area contributed by atoms with Gasteiger partial charge in [0.25, 0.3) is 0 Å².